The summed E-state index contributed by atoms with van der Waals surface area (Å²) in [6.07, 6.45) is -0.971. The maximum Gasteiger partial charge on any atom is 0.306 e. The molecule has 12 heteroatoms. The van der Waals surface area contributed by atoms with Crippen LogP contribution in [0.15, 0.2) is 0 Å². The molecule has 0 amide bonds. The minimum Gasteiger partial charge on any atom is -0.460 e. The van der Waals surface area contributed by atoms with Crippen molar-refractivity contribution >= 4 is 54.8 Å². The average Bonchev–Trinajstić information content (AvgIpc) is 2.88. The summed E-state index contributed by atoms with van der Waals surface area (Å²) in [6, 6.07) is 0. The van der Waals surface area contributed by atoms with E-state index < -0.39 is 54.6 Å². The summed E-state index contributed by atoms with van der Waals surface area (Å²) in [5.74, 6) is -2.12. The van der Waals surface area contributed by atoms with Crippen LogP contribution in [0.4, 0.5) is 0 Å². The molecule has 2 saturated heterocycles. The minimum atomic E-state index is -3.28. The molecule has 2 aliphatic heterocycles. The lowest BCUT2D eigenvalue weighted by molar-refractivity contribution is -0.150. The second-order valence-electron chi connectivity index (χ2n) is 6.45. The van der Waals surface area contributed by atoms with E-state index in [2.05, 4.69) is 0 Å². The molecule has 26 heavy (non-hydrogen) atoms. The van der Waals surface area contributed by atoms with Crippen molar-refractivity contribution in [3.63, 3.8) is 0 Å². The fourth-order valence-corrected chi connectivity index (χ4v) is 7.67. The first kappa shape index (κ1) is 21.7. The fraction of sp³-hybridized carbons (Fsp3) is 0.857. The van der Waals surface area contributed by atoms with Crippen LogP contribution in [0.1, 0.15) is 25.7 Å². The van der Waals surface area contributed by atoms with Crippen LogP contribution in [0.5, 0.6) is 0 Å². The lowest BCUT2D eigenvalue weighted by Gasteiger charge is -2.14. The van der Waals surface area contributed by atoms with E-state index in [1.807, 2.05) is 0 Å². The normalized spacial score (nSPS) is 32.2. The number of sulfone groups is 2. The fourth-order valence-electron chi connectivity index (χ4n) is 2.76. The van der Waals surface area contributed by atoms with Gasteiger partial charge in [0.1, 0.15) is 12.2 Å². The standard InChI is InChI=1S/C14H20Cl2O8S2/c15-9-5-25(19,20)7-11(9)23-13(17)3-1-2-4-14(18)24-12-8-26(21,22)6-10(12)16/h9-12H,1-8H2/t9-,10-,11+,12+/m0/s1. The summed E-state index contributed by atoms with van der Waals surface area (Å²) in [6.45, 7) is 0. The number of carbonyl (C=O) groups is 2. The van der Waals surface area contributed by atoms with Gasteiger partial charge in [-0.1, -0.05) is 0 Å². The first-order valence-corrected chi connectivity index (χ1v) is 12.6. The SMILES string of the molecule is O=C(CCCCC(=O)O[C@@H]1CS(=O)(=O)C[C@@H]1Cl)O[C@@H]1CS(=O)(=O)C[C@@H]1Cl. The van der Waals surface area contributed by atoms with Crippen molar-refractivity contribution in [1.82, 2.24) is 0 Å². The molecular weight excluding hydrogens is 431 g/mol. The average molecular weight is 451 g/mol. The molecule has 8 nitrogen and oxygen atoms in total. The number of hydrogen-bond donors (Lipinski definition) is 0. The summed E-state index contributed by atoms with van der Waals surface area (Å²) in [5, 5.41) is -1.49. The molecular formula is C14H20Cl2O8S2. The Kier molecular flexibility index (Phi) is 7.20. The van der Waals surface area contributed by atoms with Crippen molar-refractivity contribution < 1.29 is 35.9 Å². The third-order valence-electron chi connectivity index (χ3n) is 4.05. The summed E-state index contributed by atoms with van der Waals surface area (Å²) < 4.78 is 55.7. The molecule has 150 valence electrons. The maximum absolute atomic E-state index is 11.7. The molecule has 4 atom stereocenters. The van der Waals surface area contributed by atoms with Crippen LogP contribution in [-0.4, -0.2) is 74.7 Å². The molecule has 0 saturated carbocycles. The topological polar surface area (TPSA) is 121 Å². The second-order valence-corrected chi connectivity index (χ2v) is 11.9. The molecule has 0 aromatic heterocycles. The Morgan fingerprint density at radius 1 is 0.731 bits per heavy atom. The van der Waals surface area contributed by atoms with Crippen LogP contribution in [0.2, 0.25) is 0 Å². The van der Waals surface area contributed by atoms with Gasteiger partial charge in [0.25, 0.3) is 0 Å². The number of esters is 2. The monoisotopic (exact) mass is 450 g/mol. The van der Waals surface area contributed by atoms with E-state index in [0.29, 0.717) is 12.8 Å². The second kappa shape index (κ2) is 8.62. The molecule has 0 aromatic carbocycles. The summed E-state index contributed by atoms with van der Waals surface area (Å²) >= 11 is 11.7. The highest BCUT2D eigenvalue weighted by atomic mass is 35.5. The van der Waals surface area contributed by atoms with E-state index in [-0.39, 0.29) is 35.9 Å². The van der Waals surface area contributed by atoms with E-state index in [4.69, 9.17) is 32.7 Å². The van der Waals surface area contributed by atoms with Gasteiger partial charge in [0.15, 0.2) is 19.7 Å². The van der Waals surface area contributed by atoms with Crippen LogP contribution in [0.3, 0.4) is 0 Å². The molecule has 0 radical (unpaired) electrons. The summed E-state index contributed by atoms with van der Waals surface area (Å²) in [4.78, 5) is 23.4. The molecule has 0 aromatic rings. The van der Waals surface area contributed by atoms with Gasteiger partial charge >= 0.3 is 11.9 Å². The van der Waals surface area contributed by atoms with Crippen molar-refractivity contribution in [2.24, 2.45) is 0 Å². The van der Waals surface area contributed by atoms with E-state index in [1.54, 1.807) is 0 Å². The van der Waals surface area contributed by atoms with Crippen molar-refractivity contribution in [2.45, 2.75) is 48.6 Å². The van der Waals surface area contributed by atoms with Gasteiger partial charge in [0, 0.05) is 12.8 Å². The van der Waals surface area contributed by atoms with Crippen molar-refractivity contribution in [3.05, 3.63) is 0 Å². The van der Waals surface area contributed by atoms with Crippen molar-refractivity contribution in [2.75, 3.05) is 23.0 Å². The van der Waals surface area contributed by atoms with E-state index >= 15 is 0 Å². The Labute approximate surface area is 162 Å². The van der Waals surface area contributed by atoms with E-state index in [9.17, 15) is 26.4 Å². The smallest absolute Gasteiger partial charge is 0.306 e. The number of halogens is 2. The van der Waals surface area contributed by atoms with Crippen LogP contribution < -0.4 is 0 Å². The predicted molar refractivity (Wildman–Crippen MR) is 94.8 cm³/mol. The van der Waals surface area contributed by atoms with Gasteiger partial charge in [-0.05, 0) is 12.8 Å². The van der Waals surface area contributed by atoms with Gasteiger partial charge in [-0.3, -0.25) is 9.59 Å². The van der Waals surface area contributed by atoms with Crippen LogP contribution in [-0.2, 0) is 38.7 Å². The highest BCUT2D eigenvalue weighted by Crippen LogP contribution is 2.23. The Hall–Kier alpha value is -0.580. The summed E-state index contributed by atoms with van der Waals surface area (Å²) in [7, 11) is -6.55. The maximum atomic E-state index is 11.7. The molecule has 0 spiro atoms. The quantitative estimate of drug-likeness (QED) is 0.311. The number of hydrogen-bond acceptors (Lipinski definition) is 8. The first-order valence-electron chi connectivity index (χ1n) is 8.05. The Bertz CT molecular complexity index is 685. The molecule has 2 fully saturated rings. The zero-order valence-electron chi connectivity index (χ0n) is 13.8. The zero-order valence-corrected chi connectivity index (χ0v) is 16.9. The minimum absolute atomic E-state index is 0.0172. The highest BCUT2D eigenvalue weighted by Gasteiger charge is 2.40. The molecule has 2 heterocycles. The molecule has 2 rings (SSSR count). The van der Waals surface area contributed by atoms with Gasteiger partial charge in [0.05, 0.1) is 33.8 Å². The molecule has 0 unspecified atom stereocenters. The first-order chi connectivity index (χ1) is 12.0. The Balaban J connectivity index is 1.63. The Morgan fingerprint density at radius 3 is 1.35 bits per heavy atom. The van der Waals surface area contributed by atoms with Gasteiger partial charge in [-0.2, -0.15) is 0 Å². The lowest BCUT2D eigenvalue weighted by atomic mass is 10.2. The summed E-state index contributed by atoms with van der Waals surface area (Å²) in [5.41, 5.74) is 0. The third kappa shape index (κ3) is 6.54. The number of rotatable bonds is 7. The van der Waals surface area contributed by atoms with Crippen LogP contribution in [0, 0.1) is 0 Å². The van der Waals surface area contributed by atoms with Crippen molar-refractivity contribution in [1.29, 1.82) is 0 Å². The third-order valence-corrected chi connectivity index (χ3v) is 8.69. The van der Waals surface area contributed by atoms with E-state index in [1.165, 1.54) is 0 Å². The van der Waals surface area contributed by atoms with Crippen molar-refractivity contribution in [3.8, 4) is 0 Å². The predicted octanol–water partition coefficient (Wildman–Crippen LogP) is 0.442. The molecule has 0 aliphatic carbocycles. The van der Waals surface area contributed by atoms with Gasteiger partial charge in [-0.15, -0.1) is 23.2 Å². The number of carbonyl (C=O) groups excluding carboxylic acids is 2. The largest absolute Gasteiger partial charge is 0.460 e. The van der Waals surface area contributed by atoms with Gasteiger partial charge in [-0.25, -0.2) is 16.8 Å². The van der Waals surface area contributed by atoms with Crippen LogP contribution >= 0.6 is 23.2 Å². The Morgan fingerprint density at radius 2 is 1.08 bits per heavy atom. The van der Waals surface area contributed by atoms with Crippen LogP contribution in [0.25, 0.3) is 0 Å². The van der Waals surface area contributed by atoms with Gasteiger partial charge in [0.2, 0.25) is 0 Å². The zero-order chi connectivity index (χ0) is 19.5. The number of unbranched alkanes of at least 4 members (excludes halogenated alkanes) is 1. The highest BCUT2D eigenvalue weighted by molar-refractivity contribution is 7.92. The number of alkyl halides is 2. The molecule has 2 aliphatic rings. The molecule has 0 bridgehead atoms. The van der Waals surface area contributed by atoms with E-state index in [0.717, 1.165) is 0 Å². The number of ether oxygens (including phenoxy) is 2. The molecule has 0 N–H and O–H groups in total. The lowest BCUT2D eigenvalue weighted by Crippen LogP contribution is -2.26. The van der Waals surface area contributed by atoms with Gasteiger partial charge < -0.3 is 9.47 Å².